The molecule has 1 aliphatic carbocycles. The number of hydrogen-bond donors (Lipinski definition) is 2. The monoisotopic (exact) mass is 432 g/mol. The molecule has 3 aromatic rings. The number of fused-ring (bicyclic) bond motifs is 1. The number of H-pyrrole nitrogens is 1. The molecule has 0 saturated heterocycles. The fraction of sp³-hybridized carbons (Fsp3) is 0.407. The van der Waals surface area contributed by atoms with Gasteiger partial charge >= 0.3 is 5.97 Å². The highest BCUT2D eigenvalue weighted by Crippen LogP contribution is 2.25. The van der Waals surface area contributed by atoms with Gasteiger partial charge < -0.3 is 15.0 Å². The summed E-state index contributed by atoms with van der Waals surface area (Å²) in [5.74, 6) is -0.431. The summed E-state index contributed by atoms with van der Waals surface area (Å²) in [5.41, 5.74) is 5.30. The number of esters is 1. The van der Waals surface area contributed by atoms with Crippen LogP contribution in [0.25, 0.3) is 10.9 Å². The van der Waals surface area contributed by atoms with Crippen LogP contribution in [0, 0.1) is 19.8 Å². The summed E-state index contributed by atoms with van der Waals surface area (Å²) in [6.45, 7) is 4.29. The summed E-state index contributed by atoms with van der Waals surface area (Å²) in [5, 5.41) is 4.09. The van der Waals surface area contributed by atoms with Gasteiger partial charge in [0, 0.05) is 29.4 Å². The highest BCUT2D eigenvalue weighted by molar-refractivity contribution is 5.88. The minimum atomic E-state index is -0.714. The topological polar surface area (TPSA) is 71.2 Å². The molecule has 32 heavy (non-hydrogen) atoms. The van der Waals surface area contributed by atoms with Crippen LogP contribution in [0.5, 0.6) is 0 Å². The maximum Gasteiger partial charge on any atom is 0.329 e. The Balaban J connectivity index is 1.51. The number of aromatic amines is 1. The summed E-state index contributed by atoms with van der Waals surface area (Å²) < 4.78 is 5.71. The molecule has 0 radical (unpaired) electrons. The van der Waals surface area contributed by atoms with E-state index in [0.717, 1.165) is 53.3 Å². The molecule has 5 heteroatoms. The van der Waals surface area contributed by atoms with Crippen molar-refractivity contribution < 1.29 is 14.3 Å². The lowest BCUT2D eigenvalue weighted by Crippen LogP contribution is -2.46. The number of carbonyl (C=O) groups excluding carboxylic acids is 2. The average Bonchev–Trinajstić information content (AvgIpc) is 3.23. The number of amides is 1. The van der Waals surface area contributed by atoms with E-state index in [1.54, 1.807) is 0 Å². The minimum Gasteiger partial charge on any atom is -0.459 e. The van der Waals surface area contributed by atoms with Crippen molar-refractivity contribution in [3.05, 3.63) is 70.9 Å². The number of ether oxygens (including phenoxy) is 1. The molecule has 1 heterocycles. The van der Waals surface area contributed by atoms with E-state index in [1.165, 1.54) is 12.0 Å². The molecule has 1 aliphatic rings. The maximum atomic E-state index is 13.1. The van der Waals surface area contributed by atoms with Crippen molar-refractivity contribution in [2.75, 3.05) is 0 Å². The van der Waals surface area contributed by atoms with E-state index in [4.69, 9.17) is 4.74 Å². The van der Waals surface area contributed by atoms with E-state index >= 15 is 0 Å². The number of aryl methyl sites for hydroxylation is 1. The Morgan fingerprint density at radius 1 is 1.03 bits per heavy atom. The van der Waals surface area contributed by atoms with Crippen LogP contribution in [0.15, 0.2) is 48.7 Å². The van der Waals surface area contributed by atoms with Gasteiger partial charge in [0.15, 0.2) is 0 Å². The molecular formula is C27H32N2O3. The molecule has 0 aliphatic heterocycles. The second-order valence-corrected chi connectivity index (χ2v) is 8.93. The van der Waals surface area contributed by atoms with Crippen LogP contribution in [0.4, 0.5) is 0 Å². The van der Waals surface area contributed by atoms with E-state index in [2.05, 4.69) is 10.3 Å². The number of para-hydroxylation sites is 1. The molecule has 4 rings (SSSR count). The van der Waals surface area contributed by atoms with Crippen LogP contribution in [-0.4, -0.2) is 22.9 Å². The third kappa shape index (κ3) is 5.04. The third-order valence-electron chi connectivity index (χ3n) is 6.76. The van der Waals surface area contributed by atoms with Crippen molar-refractivity contribution in [1.82, 2.24) is 10.3 Å². The van der Waals surface area contributed by atoms with Crippen molar-refractivity contribution >= 4 is 22.8 Å². The van der Waals surface area contributed by atoms with Crippen molar-refractivity contribution in [3.8, 4) is 0 Å². The van der Waals surface area contributed by atoms with Crippen molar-refractivity contribution in [3.63, 3.8) is 0 Å². The van der Waals surface area contributed by atoms with Gasteiger partial charge in [0.2, 0.25) is 5.91 Å². The smallest absolute Gasteiger partial charge is 0.329 e. The molecule has 1 saturated carbocycles. The van der Waals surface area contributed by atoms with E-state index < -0.39 is 6.04 Å². The number of hydrogen-bond acceptors (Lipinski definition) is 3. The highest BCUT2D eigenvalue weighted by atomic mass is 16.5. The van der Waals surface area contributed by atoms with E-state index in [1.807, 2.05) is 62.5 Å². The van der Waals surface area contributed by atoms with Gasteiger partial charge in [-0.1, -0.05) is 55.7 Å². The van der Waals surface area contributed by atoms with E-state index in [9.17, 15) is 9.59 Å². The van der Waals surface area contributed by atoms with Crippen LogP contribution < -0.4 is 5.32 Å². The zero-order valence-corrected chi connectivity index (χ0v) is 18.9. The molecule has 0 bridgehead atoms. The van der Waals surface area contributed by atoms with Crippen molar-refractivity contribution in [2.45, 2.75) is 65.0 Å². The zero-order chi connectivity index (χ0) is 22.5. The minimum absolute atomic E-state index is 0.0129. The molecule has 168 valence electrons. The summed E-state index contributed by atoms with van der Waals surface area (Å²) >= 11 is 0. The highest BCUT2D eigenvalue weighted by Gasteiger charge is 2.28. The Bertz CT molecular complexity index is 1100. The summed E-state index contributed by atoms with van der Waals surface area (Å²) in [6.07, 6.45) is 7.42. The van der Waals surface area contributed by atoms with Crippen molar-refractivity contribution in [1.29, 1.82) is 0 Å². The predicted molar refractivity (Wildman–Crippen MR) is 126 cm³/mol. The van der Waals surface area contributed by atoms with Gasteiger partial charge in [-0.2, -0.15) is 0 Å². The Hall–Kier alpha value is -3.08. The standard InChI is InChI=1S/C27H32N2O3/c1-18-9-8-12-21(19(18)2)17-32-27(31)25(29-26(30)20-10-4-3-5-11-20)15-22-16-28-24-14-7-6-13-23(22)24/h6-9,12-14,16,20,25,28H,3-5,10-11,15,17H2,1-2H3,(H,29,30). The number of rotatable bonds is 7. The molecule has 1 fully saturated rings. The molecule has 1 amide bonds. The third-order valence-corrected chi connectivity index (χ3v) is 6.76. The van der Waals surface area contributed by atoms with Crippen LogP contribution in [0.2, 0.25) is 0 Å². The normalized spacial score (nSPS) is 15.4. The lowest BCUT2D eigenvalue weighted by Gasteiger charge is -2.24. The predicted octanol–water partition coefficient (Wildman–Crippen LogP) is 5.14. The van der Waals surface area contributed by atoms with Gasteiger partial charge in [-0.15, -0.1) is 0 Å². The molecular weight excluding hydrogens is 400 g/mol. The first-order valence-electron chi connectivity index (χ1n) is 11.6. The maximum absolute atomic E-state index is 13.1. The van der Waals surface area contributed by atoms with Gasteiger partial charge in [0.1, 0.15) is 12.6 Å². The Morgan fingerprint density at radius 2 is 1.81 bits per heavy atom. The van der Waals surface area contributed by atoms with Gasteiger partial charge in [-0.25, -0.2) is 4.79 Å². The number of nitrogens with one attached hydrogen (secondary N) is 2. The molecule has 2 aromatic carbocycles. The average molecular weight is 433 g/mol. The van der Waals surface area contributed by atoms with Gasteiger partial charge in [0.05, 0.1) is 0 Å². The Kier molecular flexibility index (Phi) is 6.93. The fourth-order valence-electron chi connectivity index (χ4n) is 4.59. The lowest BCUT2D eigenvalue weighted by atomic mass is 9.88. The molecule has 1 aromatic heterocycles. The van der Waals surface area contributed by atoms with Gasteiger partial charge in [-0.05, 0) is 55.0 Å². The van der Waals surface area contributed by atoms with E-state index in [0.29, 0.717) is 6.42 Å². The largest absolute Gasteiger partial charge is 0.459 e. The molecule has 2 N–H and O–H groups in total. The first kappa shape index (κ1) is 22.1. The molecule has 5 nitrogen and oxygen atoms in total. The zero-order valence-electron chi connectivity index (χ0n) is 18.9. The van der Waals surface area contributed by atoms with E-state index in [-0.39, 0.29) is 24.4 Å². The summed E-state index contributed by atoms with van der Waals surface area (Å²) in [6, 6.07) is 13.3. The van der Waals surface area contributed by atoms with Crippen molar-refractivity contribution in [2.24, 2.45) is 5.92 Å². The Morgan fingerprint density at radius 3 is 2.62 bits per heavy atom. The second kappa shape index (κ2) is 10.0. The van der Waals surface area contributed by atoms with Crippen LogP contribution in [0.3, 0.4) is 0 Å². The number of benzene rings is 2. The number of aromatic nitrogens is 1. The summed E-state index contributed by atoms with van der Waals surface area (Å²) in [4.78, 5) is 29.4. The lowest BCUT2D eigenvalue weighted by molar-refractivity contribution is -0.149. The van der Waals surface area contributed by atoms with Crippen LogP contribution in [0.1, 0.15) is 54.4 Å². The number of carbonyl (C=O) groups is 2. The quantitative estimate of drug-likeness (QED) is 0.508. The first-order valence-corrected chi connectivity index (χ1v) is 11.6. The fourth-order valence-corrected chi connectivity index (χ4v) is 4.59. The molecule has 1 unspecified atom stereocenters. The molecule has 1 atom stereocenters. The van der Waals surface area contributed by atoms with Crippen LogP contribution >= 0.6 is 0 Å². The van der Waals surface area contributed by atoms with Gasteiger partial charge in [-0.3, -0.25) is 4.79 Å². The van der Waals surface area contributed by atoms with Crippen LogP contribution in [-0.2, 0) is 27.4 Å². The summed E-state index contributed by atoms with van der Waals surface area (Å²) in [7, 11) is 0. The van der Waals surface area contributed by atoms with Gasteiger partial charge in [0.25, 0.3) is 0 Å². The molecule has 0 spiro atoms. The SMILES string of the molecule is Cc1cccc(COC(=O)C(Cc2c[nH]c3ccccc23)NC(=O)C2CCCCC2)c1C. The Labute approximate surface area is 189 Å². The first-order chi connectivity index (χ1) is 15.5. The second-order valence-electron chi connectivity index (χ2n) is 8.93.